The van der Waals surface area contributed by atoms with Crippen LogP contribution in [0.25, 0.3) is 10.8 Å². The average Bonchev–Trinajstić information content (AvgIpc) is 3.02. The van der Waals surface area contributed by atoms with E-state index in [9.17, 15) is 18.3 Å². The molecule has 3 aromatic carbocycles. The Balaban J connectivity index is 1.88. The molecular formula is C19H15NO4S. The highest BCUT2D eigenvalue weighted by atomic mass is 32.2. The van der Waals surface area contributed by atoms with Gasteiger partial charge < -0.3 is 5.11 Å². The van der Waals surface area contributed by atoms with Gasteiger partial charge in [0.2, 0.25) is 0 Å². The number of rotatable bonds is 3. The van der Waals surface area contributed by atoms with Gasteiger partial charge in [0.1, 0.15) is 6.04 Å². The van der Waals surface area contributed by atoms with E-state index in [-0.39, 0.29) is 11.3 Å². The first-order valence-corrected chi connectivity index (χ1v) is 9.26. The zero-order valence-electron chi connectivity index (χ0n) is 13.2. The highest BCUT2D eigenvalue weighted by Gasteiger charge is 2.42. The van der Waals surface area contributed by atoms with Gasteiger partial charge in [-0.3, -0.25) is 4.31 Å². The highest BCUT2D eigenvalue weighted by molar-refractivity contribution is 7.93. The summed E-state index contributed by atoms with van der Waals surface area (Å²) in [6.45, 7) is 0. The first-order valence-electron chi connectivity index (χ1n) is 7.82. The van der Waals surface area contributed by atoms with Gasteiger partial charge in [0.05, 0.1) is 10.6 Å². The fourth-order valence-electron chi connectivity index (χ4n) is 3.28. The first-order chi connectivity index (χ1) is 12.0. The molecule has 1 atom stereocenters. The van der Waals surface area contributed by atoms with Gasteiger partial charge in [-0.1, -0.05) is 48.5 Å². The molecule has 25 heavy (non-hydrogen) atoms. The van der Waals surface area contributed by atoms with E-state index in [1.807, 2.05) is 24.3 Å². The van der Waals surface area contributed by atoms with Gasteiger partial charge in [-0.2, -0.15) is 0 Å². The Hall–Kier alpha value is -2.86. The van der Waals surface area contributed by atoms with Crippen LogP contribution in [0.15, 0.2) is 71.6 Å². The molecule has 6 heteroatoms. The van der Waals surface area contributed by atoms with Crippen LogP contribution in [0.2, 0.25) is 0 Å². The molecule has 0 bridgehead atoms. The lowest BCUT2D eigenvalue weighted by molar-refractivity contribution is -0.138. The minimum atomic E-state index is -3.99. The smallest absolute Gasteiger partial charge is 0.327 e. The van der Waals surface area contributed by atoms with E-state index >= 15 is 0 Å². The summed E-state index contributed by atoms with van der Waals surface area (Å²) in [5.74, 6) is -1.15. The molecule has 0 saturated carbocycles. The van der Waals surface area contributed by atoms with Crippen LogP contribution in [0.4, 0.5) is 5.69 Å². The van der Waals surface area contributed by atoms with E-state index in [4.69, 9.17) is 0 Å². The topological polar surface area (TPSA) is 74.7 Å². The van der Waals surface area contributed by atoms with Gasteiger partial charge in [-0.25, -0.2) is 13.2 Å². The van der Waals surface area contributed by atoms with Crippen molar-refractivity contribution in [3.8, 4) is 0 Å². The summed E-state index contributed by atoms with van der Waals surface area (Å²) in [7, 11) is -3.99. The van der Waals surface area contributed by atoms with Gasteiger partial charge in [-0.05, 0) is 34.5 Å². The fourth-order valence-corrected chi connectivity index (χ4v) is 4.96. The SMILES string of the molecule is O=C(O)C1Cc2ccccc2N1S(=O)(=O)c1ccc2ccccc2c1. The second-order valence-electron chi connectivity index (χ2n) is 6.00. The summed E-state index contributed by atoms with van der Waals surface area (Å²) in [4.78, 5) is 11.8. The summed E-state index contributed by atoms with van der Waals surface area (Å²) in [6, 6.07) is 18.1. The summed E-state index contributed by atoms with van der Waals surface area (Å²) < 4.78 is 27.5. The van der Waals surface area contributed by atoms with Crippen molar-refractivity contribution >= 4 is 32.5 Å². The van der Waals surface area contributed by atoms with Crippen LogP contribution in [0, 0.1) is 0 Å². The quantitative estimate of drug-likeness (QED) is 0.785. The van der Waals surface area contributed by atoms with Crippen LogP contribution >= 0.6 is 0 Å². The zero-order valence-corrected chi connectivity index (χ0v) is 14.0. The van der Waals surface area contributed by atoms with E-state index in [1.165, 1.54) is 6.07 Å². The number of para-hydroxylation sites is 1. The molecule has 0 aliphatic carbocycles. The molecule has 0 fully saturated rings. The van der Waals surface area contributed by atoms with Crippen molar-refractivity contribution < 1.29 is 18.3 Å². The number of hydrogen-bond donors (Lipinski definition) is 1. The Morgan fingerprint density at radius 2 is 1.64 bits per heavy atom. The molecule has 0 spiro atoms. The number of hydrogen-bond acceptors (Lipinski definition) is 3. The van der Waals surface area contributed by atoms with Crippen LogP contribution in [0.5, 0.6) is 0 Å². The van der Waals surface area contributed by atoms with Crippen molar-refractivity contribution in [2.75, 3.05) is 4.31 Å². The Morgan fingerprint density at radius 3 is 2.40 bits per heavy atom. The molecule has 1 N–H and O–H groups in total. The van der Waals surface area contributed by atoms with Crippen molar-refractivity contribution in [2.45, 2.75) is 17.4 Å². The molecule has 126 valence electrons. The van der Waals surface area contributed by atoms with Gasteiger partial charge in [0.15, 0.2) is 0 Å². The van der Waals surface area contributed by atoms with E-state index in [1.54, 1.807) is 36.4 Å². The molecule has 3 aromatic rings. The zero-order chi connectivity index (χ0) is 17.6. The lowest BCUT2D eigenvalue weighted by Crippen LogP contribution is -2.42. The summed E-state index contributed by atoms with van der Waals surface area (Å²) >= 11 is 0. The predicted octanol–water partition coefficient (Wildman–Crippen LogP) is 3.04. The summed E-state index contributed by atoms with van der Waals surface area (Å²) in [6.07, 6.45) is 0.165. The number of fused-ring (bicyclic) bond motifs is 2. The van der Waals surface area contributed by atoms with Crippen LogP contribution in [0.1, 0.15) is 5.56 Å². The third-order valence-corrected chi connectivity index (χ3v) is 6.31. The number of carboxylic acids is 1. The number of benzene rings is 3. The predicted molar refractivity (Wildman–Crippen MR) is 95.2 cm³/mol. The van der Waals surface area contributed by atoms with Gasteiger partial charge in [-0.15, -0.1) is 0 Å². The number of carbonyl (C=O) groups is 1. The van der Waals surface area contributed by atoms with Gasteiger partial charge >= 0.3 is 5.97 Å². The second-order valence-corrected chi connectivity index (χ2v) is 7.81. The van der Waals surface area contributed by atoms with Crippen molar-refractivity contribution in [2.24, 2.45) is 0 Å². The van der Waals surface area contributed by atoms with E-state index in [0.29, 0.717) is 5.69 Å². The number of aliphatic carboxylic acids is 1. The number of carboxylic acid groups (broad SMARTS) is 1. The van der Waals surface area contributed by atoms with Crippen molar-refractivity contribution in [1.82, 2.24) is 0 Å². The maximum Gasteiger partial charge on any atom is 0.327 e. The fraction of sp³-hybridized carbons (Fsp3) is 0.105. The molecule has 4 rings (SSSR count). The molecule has 5 nitrogen and oxygen atoms in total. The van der Waals surface area contributed by atoms with Crippen LogP contribution < -0.4 is 4.31 Å². The number of anilines is 1. The highest BCUT2D eigenvalue weighted by Crippen LogP contribution is 2.37. The molecule has 1 aliphatic rings. The third-order valence-electron chi connectivity index (χ3n) is 4.49. The standard InChI is InChI=1S/C19H15NO4S/c21-19(22)18-12-15-7-3-4-8-17(15)20(18)25(23,24)16-10-9-13-5-1-2-6-14(13)11-16/h1-11,18H,12H2,(H,21,22). The summed E-state index contributed by atoms with van der Waals surface area (Å²) in [5, 5.41) is 11.3. The normalized spacial score (nSPS) is 16.8. The van der Waals surface area contributed by atoms with Crippen LogP contribution in [-0.2, 0) is 21.2 Å². The Bertz CT molecular complexity index is 1090. The Kier molecular flexibility index (Phi) is 3.51. The van der Waals surface area contributed by atoms with E-state index in [0.717, 1.165) is 20.6 Å². The molecule has 0 amide bonds. The Labute approximate surface area is 145 Å². The number of sulfonamides is 1. The van der Waals surface area contributed by atoms with Crippen molar-refractivity contribution in [1.29, 1.82) is 0 Å². The molecule has 0 aromatic heterocycles. The largest absolute Gasteiger partial charge is 0.480 e. The van der Waals surface area contributed by atoms with Crippen molar-refractivity contribution in [3.05, 3.63) is 72.3 Å². The lowest BCUT2D eigenvalue weighted by atomic mass is 10.1. The first kappa shape index (κ1) is 15.7. The number of nitrogens with zero attached hydrogens (tertiary/aromatic N) is 1. The second kappa shape index (κ2) is 5.60. The third kappa shape index (κ3) is 2.46. The Morgan fingerprint density at radius 1 is 0.960 bits per heavy atom. The minimum Gasteiger partial charge on any atom is -0.480 e. The molecule has 1 unspecified atom stereocenters. The van der Waals surface area contributed by atoms with Crippen molar-refractivity contribution in [3.63, 3.8) is 0 Å². The molecule has 1 heterocycles. The monoisotopic (exact) mass is 353 g/mol. The maximum absolute atomic E-state index is 13.2. The van der Waals surface area contributed by atoms with Gasteiger partial charge in [0.25, 0.3) is 10.0 Å². The van der Waals surface area contributed by atoms with E-state index < -0.39 is 22.0 Å². The van der Waals surface area contributed by atoms with Crippen LogP contribution in [0.3, 0.4) is 0 Å². The molecule has 0 saturated heterocycles. The molecular weight excluding hydrogens is 338 g/mol. The minimum absolute atomic E-state index is 0.0918. The maximum atomic E-state index is 13.2. The van der Waals surface area contributed by atoms with E-state index in [2.05, 4.69) is 0 Å². The van der Waals surface area contributed by atoms with Gasteiger partial charge in [0, 0.05) is 6.42 Å². The molecule has 0 radical (unpaired) electrons. The van der Waals surface area contributed by atoms with Crippen LogP contribution in [-0.4, -0.2) is 25.5 Å². The molecule has 1 aliphatic heterocycles. The summed E-state index contributed by atoms with van der Waals surface area (Å²) in [5.41, 5.74) is 1.15. The lowest BCUT2D eigenvalue weighted by Gasteiger charge is -2.24. The average molecular weight is 353 g/mol.